The average Bonchev–Trinajstić information content (AvgIpc) is 3.20. The van der Waals surface area contributed by atoms with E-state index in [2.05, 4.69) is 0 Å². The molecule has 1 aliphatic heterocycles. The summed E-state index contributed by atoms with van der Waals surface area (Å²) in [4.78, 5) is 49.8. The molecule has 0 N–H and O–H groups in total. The van der Waals surface area contributed by atoms with Gasteiger partial charge in [-0.25, -0.2) is 9.18 Å². The van der Waals surface area contributed by atoms with Crippen LogP contribution in [0, 0.1) is 11.7 Å². The maximum Gasteiger partial charge on any atom is 0.341 e. The molecule has 0 radical (unpaired) electrons. The highest BCUT2D eigenvalue weighted by Gasteiger charge is 2.43. The quantitative estimate of drug-likeness (QED) is 0.326. The minimum atomic E-state index is -1.17. The lowest BCUT2D eigenvalue weighted by atomic mass is 10.00. The normalized spacial score (nSPS) is 16.5. The third-order valence-corrected chi connectivity index (χ3v) is 4.47. The van der Waals surface area contributed by atoms with Gasteiger partial charge in [-0.15, -0.1) is 0 Å². The molecule has 146 valence electrons. The van der Waals surface area contributed by atoms with Gasteiger partial charge in [0.05, 0.1) is 6.61 Å². The zero-order chi connectivity index (χ0) is 20.4. The summed E-state index contributed by atoms with van der Waals surface area (Å²) < 4.78 is 23.7. The minimum Gasteiger partial charge on any atom is -0.462 e. The molecule has 0 spiro atoms. The summed E-state index contributed by atoms with van der Waals surface area (Å²) in [5.74, 6) is -4.48. The van der Waals surface area contributed by atoms with E-state index in [0.717, 1.165) is 0 Å². The Morgan fingerprint density at radius 1 is 1.25 bits per heavy atom. The number of hydrogen-bond acceptors (Lipinski definition) is 6. The third kappa shape index (κ3) is 3.71. The molecule has 8 heteroatoms. The van der Waals surface area contributed by atoms with Crippen molar-refractivity contribution in [2.24, 2.45) is 5.92 Å². The summed E-state index contributed by atoms with van der Waals surface area (Å²) in [6.07, 6.45) is 0.124. The maximum atomic E-state index is 13.1. The van der Waals surface area contributed by atoms with Crippen LogP contribution in [0.1, 0.15) is 39.2 Å². The van der Waals surface area contributed by atoms with E-state index >= 15 is 0 Å². The van der Waals surface area contributed by atoms with Crippen LogP contribution in [-0.4, -0.2) is 48.5 Å². The van der Waals surface area contributed by atoms with Crippen molar-refractivity contribution in [3.63, 3.8) is 0 Å². The summed E-state index contributed by atoms with van der Waals surface area (Å²) >= 11 is 0. The van der Waals surface area contributed by atoms with Crippen molar-refractivity contribution < 1.29 is 32.7 Å². The van der Waals surface area contributed by atoms with Crippen LogP contribution in [0.15, 0.2) is 34.7 Å². The van der Waals surface area contributed by atoms with Gasteiger partial charge in [0.2, 0.25) is 11.6 Å². The molecule has 2 aromatic rings. The van der Waals surface area contributed by atoms with Gasteiger partial charge in [-0.2, -0.15) is 0 Å². The highest BCUT2D eigenvalue weighted by Crippen LogP contribution is 2.25. The van der Waals surface area contributed by atoms with Crippen LogP contribution in [0.2, 0.25) is 0 Å². The lowest BCUT2D eigenvalue weighted by Crippen LogP contribution is -2.23. The van der Waals surface area contributed by atoms with E-state index in [1.54, 1.807) is 6.92 Å². The zero-order valence-corrected chi connectivity index (χ0v) is 15.4. The molecule has 0 saturated carbocycles. The molecule has 1 saturated heterocycles. The van der Waals surface area contributed by atoms with Gasteiger partial charge in [-0.05, 0) is 24.6 Å². The molecule has 1 atom stereocenters. The molecule has 0 bridgehead atoms. The molecule has 1 aromatic heterocycles. The van der Waals surface area contributed by atoms with Crippen LogP contribution >= 0.6 is 0 Å². The monoisotopic (exact) mass is 387 g/mol. The van der Waals surface area contributed by atoms with Crippen molar-refractivity contribution in [1.29, 1.82) is 0 Å². The second-order valence-electron chi connectivity index (χ2n) is 6.44. The molecule has 1 fully saturated rings. The Balaban J connectivity index is 1.93. The van der Waals surface area contributed by atoms with Gasteiger partial charge in [0.25, 0.3) is 5.91 Å². The number of Topliss-reactive ketones (excluding diaryl/α,β-unsaturated/α-hetero) is 2. The van der Waals surface area contributed by atoms with Gasteiger partial charge in [0.1, 0.15) is 23.1 Å². The smallest absolute Gasteiger partial charge is 0.341 e. The minimum absolute atomic E-state index is 0.0424. The van der Waals surface area contributed by atoms with Crippen LogP contribution in [0.25, 0.3) is 0 Å². The van der Waals surface area contributed by atoms with Crippen LogP contribution in [0.5, 0.6) is 0 Å². The van der Waals surface area contributed by atoms with E-state index in [4.69, 9.17) is 9.15 Å². The Morgan fingerprint density at radius 2 is 1.93 bits per heavy atom. The number of halogens is 1. The lowest BCUT2D eigenvalue weighted by molar-refractivity contribution is -0.139. The molecular weight excluding hydrogens is 369 g/mol. The first-order valence-electron chi connectivity index (χ1n) is 8.69. The van der Waals surface area contributed by atoms with Crippen LogP contribution in [0.4, 0.5) is 4.39 Å². The molecule has 7 nitrogen and oxygen atoms in total. The van der Waals surface area contributed by atoms with Crippen LogP contribution in [0.3, 0.4) is 0 Å². The largest absolute Gasteiger partial charge is 0.462 e. The molecule has 2 heterocycles. The number of ketones is 2. The van der Waals surface area contributed by atoms with Crippen molar-refractivity contribution in [2.75, 3.05) is 20.2 Å². The first kappa shape index (κ1) is 19.5. The topological polar surface area (TPSA) is 93.9 Å². The molecule has 28 heavy (non-hydrogen) atoms. The number of furan rings is 1. The van der Waals surface area contributed by atoms with Gasteiger partial charge in [0.15, 0.2) is 5.76 Å². The molecule has 0 aliphatic carbocycles. The second-order valence-corrected chi connectivity index (χ2v) is 6.44. The molecule has 1 aliphatic rings. The second kappa shape index (κ2) is 7.75. The number of carbonyl (C=O) groups is 4. The number of hydrogen-bond donors (Lipinski definition) is 0. The molecule has 1 unspecified atom stereocenters. The predicted molar refractivity (Wildman–Crippen MR) is 94.3 cm³/mol. The van der Waals surface area contributed by atoms with Crippen molar-refractivity contribution in [2.45, 2.75) is 13.3 Å². The number of rotatable bonds is 6. The number of nitrogens with zero attached hydrogens (tertiary/aromatic N) is 1. The number of amides is 1. The molecule has 3 rings (SSSR count). The molecule has 1 aromatic carbocycles. The highest BCUT2D eigenvalue weighted by molar-refractivity contribution is 6.43. The SMILES string of the molecule is CCOC(=O)c1cc(C(=O)C2CN(C)C(=O)C2=O)oc1Cc1ccc(F)cc1. The van der Waals surface area contributed by atoms with E-state index in [9.17, 15) is 23.6 Å². The Morgan fingerprint density at radius 3 is 2.50 bits per heavy atom. The van der Waals surface area contributed by atoms with Crippen molar-refractivity contribution in [3.05, 3.63) is 58.8 Å². The fourth-order valence-corrected chi connectivity index (χ4v) is 3.00. The fraction of sp³-hybridized carbons (Fsp3) is 0.300. The van der Waals surface area contributed by atoms with E-state index in [-0.39, 0.29) is 36.7 Å². The predicted octanol–water partition coefficient (Wildman–Crippen LogP) is 2.03. The zero-order valence-electron chi connectivity index (χ0n) is 15.4. The Kier molecular flexibility index (Phi) is 5.39. The first-order chi connectivity index (χ1) is 13.3. The van der Waals surface area contributed by atoms with Gasteiger partial charge in [-0.1, -0.05) is 12.1 Å². The number of likely N-dealkylation sites (tertiary alicyclic amines) is 1. The maximum absolute atomic E-state index is 13.1. The summed E-state index contributed by atoms with van der Waals surface area (Å²) in [6.45, 7) is 1.73. The average molecular weight is 387 g/mol. The molecular formula is C20H18FNO6. The number of esters is 1. The number of ether oxygens (including phenoxy) is 1. The van der Waals surface area contributed by atoms with Crippen molar-refractivity contribution >= 4 is 23.4 Å². The Bertz CT molecular complexity index is 946. The van der Waals surface area contributed by atoms with Gasteiger partial charge < -0.3 is 14.1 Å². The lowest BCUT2D eigenvalue weighted by Gasteiger charge is -2.06. The summed E-state index contributed by atoms with van der Waals surface area (Å²) in [5, 5.41) is 0. The van der Waals surface area contributed by atoms with Crippen molar-refractivity contribution in [3.8, 4) is 0 Å². The summed E-state index contributed by atoms with van der Waals surface area (Å²) in [7, 11) is 1.43. The Hall–Kier alpha value is -3.29. The third-order valence-electron chi connectivity index (χ3n) is 4.47. The summed E-state index contributed by atoms with van der Waals surface area (Å²) in [5.41, 5.74) is 0.715. The van der Waals surface area contributed by atoms with E-state index in [1.165, 1.54) is 42.3 Å². The highest BCUT2D eigenvalue weighted by atomic mass is 19.1. The van der Waals surface area contributed by atoms with E-state index in [1.807, 2.05) is 0 Å². The number of benzene rings is 1. The van der Waals surface area contributed by atoms with Gasteiger partial charge in [0, 0.05) is 26.1 Å². The number of likely N-dealkylation sites (N-methyl/N-ethyl adjacent to an activating group) is 1. The first-order valence-corrected chi connectivity index (χ1v) is 8.69. The Labute approximate surface area is 160 Å². The van der Waals surface area contributed by atoms with Gasteiger partial charge >= 0.3 is 5.97 Å². The van der Waals surface area contributed by atoms with Crippen LogP contribution < -0.4 is 0 Å². The van der Waals surface area contributed by atoms with E-state index in [0.29, 0.717) is 5.56 Å². The van der Waals surface area contributed by atoms with Crippen molar-refractivity contribution in [1.82, 2.24) is 4.90 Å². The molecule has 1 amide bonds. The standard InChI is InChI=1S/C20H18FNO6/c1-3-27-20(26)13-9-16(17(23)14-10-22(2)19(25)18(14)24)28-15(13)8-11-4-6-12(21)7-5-11/h4-7,9,14H,3,8,10H2,1-2H3. The fourth-order valence-electron chi connectivity index (χ4n) is 3.00. The van der Waals surface area contributed by atoms with E-state index < -0.39 is 35.2 Å². The number of carbonyl (C=O) groups excluding carboxylic acids is 4. The van der Waals surface area contributed by atoms with Gasteiger partial charge in [-0.3, -0.25) is 14.4 Å². The van der Waals surface area contributed by atoms with Crippen LogP contribution in [-0.2, 0) is 20.7 Å². The summed E-state index contributed by atoms with van der Waals surface area (Å²) in [6, 6.07) is 6.83.